The van der Waals surface area contributed by atoms with Crippen molar-refractivity contribution in [3.05, 3.63) is 29.3 Å². The summed E-state index contributed by atoms with van der Waals surface area (Å²) in [6.45, 7) is 2.46. The van der Waals surface area contributed by atoms with E-state index < -0.39 is 29.7 Å². The highest BCUT2D eigenvalue weighted by Crippen LogP contribution is 2.32. The van der Waals surface area contributed by atoms with Gasteiger partial charge in [-0.1, -0.05) is 35.1 Å². The normalized spacial score (nSPS) is 17.7. The maximum atomic E-state index is 13.0. The monoisotopic (exact) mass is 585 g/mol. The molecule has 0 radical (unpaired) electrons. The number of alkyl halides is 1. The Balaban J connectivity index is 1.48. The summed E-state index contributed by atoms with van der Waals surface area (Å²) in [5.74, 6) is -2.62. The molecule has 10 nitrogen and oxygen atoms in total. The average Bonchev–Trinajstić information content (AvgIpc) is 3.06. The number of hydrogen-bond donors (Lipinski definition) is 2. The molecular weight excluding hydrogens is 557 g/mol. The smallest absolute Gasteiger partial charge is 0.264 e. The van der Waals surface area contributed by atoms with E-state index in [1.54, 1.807) is 12.1 Å². The van der Waals surface area contributed by atoms with Crippen molar-refractivity contribution in [3.8, 4) is 0 Å². The molecule has 1 fully saturated rings. The van der Waals surface area contributed by atoms with Gasteiger partial charge in [-0.2, -0.15) is 0 Å². The number of imide groups is 2. The van der Waals surface area contributed by atoms with Crippen LogP contribution in [-0.2, 0) is 23.9 Å². The second-order valence-corrected chi connectivity index (χ2v) is 9.03. The molecule has 0 aliphatic carbocycles. The van der Waals surface area contributed by atoms with Gasteiger partial charge in [0.05, 0.1) is 36.6 Å². The van der Waals surface area contributed by atoms with Crippen molar-refractivity contribution in [2.45, 2.75) is 44.6 Å². The molecule has 0 saturated carbocycles. The summed E-state index contributed by atoms with van der Waals surface area (Å²) < 4.78 is 11.8. The number of nitrogens with zero attached hydrogens (tertiary/aromatic N) is 1. The van der Waals surface area contributed by atoms with E-state index in [9.17, 15) is 24.0 Å². The maximum absolute atomic E-state index is 13.0. The number of unbranched alkanes of at least 4 members (excludes halogenated alkanes) is 2. The number of carbonyl (C=O) groups is 5. The average molecular weight is 585 g/mol. The summed E-state index contributed by atoms with van der Waals surface area (Å²) in [5.41, 5.74) is 0.446. The van der Waals surface area contributed by atoms with Crippen LogP contribution in [0.2, 0.25) is 0 Å². The fourth-order valence-corrected chi connectivity index (χ4v) is 4.19. The number of nitrogens with one attached hydrogen (secondary N) is 2. The first-order valence-corrected chi connectivity index (χ1v) is 12.8. The second kappa shape index (κ2) is 12.9. The van der Waals surface area contributed by atoms with Gasteiger partial charge in [0.15, 0.2) is 0 Å². The van der Waals surface area contributed by atoms with E-state index >= 15 is 0 Å². The van der Waals surface area contributed by atoms with Gasteiger partial charge in [0.25, 0.3) is 11.8 Å². The van der Waals surface area contributed by atoms with E-state index in [2.05, 4.69) is 33.2 Å². The van der Waals surface area contributed by atoms with Crippen LogP contribution in [0.15, 0.2) is 18.2 Å². The first kappa shape index (κ1) is 26.2. The van der Waals surface area contributed by atoms with Gasteiger partial charge < -0.3 is 14.8 Å². The number of piperidine rings is 1. The number of hydrogen-bond acceptors (Lipinski definition) is 7. The Morgan fingerprint density at radius 2 is 1.79 bits per heavy atom. The Morgan fingerprint density at radius 1 is 1.03 bits per heavy atom. The molecule has 0 aromatic heterocycles. The van der Waals surface area contributed by atoms with E-state index in [1.807, 2.05) is 0 Å². The van der Waals surface area contributed by atoms with E-state index in [1.165, 1.54) is 6.07 Å². The fraction of sp³-hybridized carbons (Fsp3) is 0.522. The summed E-state index contributed by atoms with van der Waals surface area (Å²) >= 11 is 2.25. The Bertz CT molecular complexity index is 952. The van der Waals surface area contributed by atoms with Crippen LogP contribution in [0.25, 0.3) is 0 Å². The van der Waals surface area contributed by atoms with Crippen LogP contribution in [0.5, 0.6) is 0 Å². The number of ether oxygens (including phenoxy) is 2. The van der Waals surface area contributed by atoms with Gasteiger partial charge >= 0.3 is 0 Å². The highest BCUT2D eigenvalue weighted by Gasteiger charge is 2.45. The van der Waals surface area contributed by atoms with E-state index in [-0.39, 0.29) is 42.0 Å². The Labute approximate surface area is 211 Å². The van der Waals surface area contributed by atoms with Gasteiger partial charge in [0.2, 0.25) is 17.7 Å². The van der Waals surface area contributed by atoms with Crippen LogP contribution >= 0.6 is 22.6 Å². The van der Waals surface area contributed by atoms with Crippen molar-refractivity contribution >= 4 is 57.8 Å². The molecule has 1 unspecified atom stereocenters. The van der Waals surface area contributed by atoms with Crippen LogP contribution < -0.4 is 10.6 Å². The summed E-state index contributed by atoms with van der Waals surface area (Å²) in [7, 11) is 0. The van der Waals surface area contributed by atoms with Crippen LogP contribution in [0, 0.1) is 0 Å². The predicted octanol–water partition coefficient (Wildman–Crippen LogP) is 2.05. The first-order valence-electron chi connectivity index (χ1n) is 11.3. The van der Waals surface area contributed by atoms with Crippen molar-refractivity contribution in [2.75, 3.05) is 36.2 Å². The van der Waals surface area contributed by atoms with E-state index in [4.69, 9.17) is 9.47 Å². The van der Waals surface area contributed by atoms with Gasteiger partial charge in [-0.3, -0.25) is 34.2 Å². The molecule has 2 N–H and O–H groups in total. The third-order valence-corrected chi connectivity index (χ3v) is 5.97. The quantitative estimate of drug-likeness (QED) is 0.157. The topological polar surface area (TPSA) is 131 Å². The minimum Gasteiger partial charge on any atom is -0.379 e. The maximum Gasteiger partial charge on any atom is 0.264 e. The predicted molar refractivity (Wildman–Crippen MR) is 131 cm³/mol. The third kappa shape index (κ3) is 6.60. The number of anilines is 1. The number of rotatable bonds is 13. The summed E-state index contributed by atoms with van der Waals surface area (Å²) in [4.78, 5) is 62.8. The Kier molecular flexibility index (Phi) is 9.96. The van der Waals surface area contributed by atoms with Gasteiger partial charge in [0, 0.05) is 23.9 Å². The summed E-state index contributed by atoms with van der Waals surface area (Å²) in [5, 5.41) is 4.89. The van der Waals surface area contributed by atoms with Crippen molar-refractivity contribution < 1.29 is 33.4 Å². The molecule has 1 atom stereocenters. The molecule has 0 spiro atoms. The standard InChI is InChI=1S/C23H28IN3O7/c24-10-12-34-14-13-33-11-3-1-2-7-18(28)25-16-6-4-5-15-20(16)23(32)27(22(15)31)17-8-9-19(29)26-21(17)30/h4-6,17H,1-3,7-14H2,(H,25,28)(H,26,29,30). The van der Waals surface area contributed by atoms with Crippen LogP contribution in [-0.4, -0.2) is 71.3 Å². The molecule has 184 valence electrons. The van der Waals surface area contributed by atoms with Gasteiger partial charge in [-0.25, -0.2) is 0 Å². The SMILES string of the molecule is O=C1CCC(N2C(=O)c3cccc(NC(=O)CCCCCOCCOCCI)c3C2=O)C(=O)N1. The second-order valence-electron chi connectivity index (χ2n) is 7.95. The number of carbonyl (C=O) groups excluding carboxylic acids is 5. The zero-order valence-electron chi connectivity index (χ0n) is 18.8. The number of fused-ring (bicyclic) bond motifs is 1. The highest BCUT2D eigenvalue weighted by atomic mass is 127. The summed E-state index contributed by atoms with van der Waals surface area (Å²) in [6.07, 6.45) is 2.69. The first-order chi connectivity index (χ1) is 16.4. The molecule has 0 bridgehead atoms. The molecular formula is C23H28IN3O7. The third-order valence-electron chi connectivity index (χ3n) is 5.53. The van der Waals surface area contributed by atoms with E-state index in [0.717, 1.165) is 28.8 Å². The lowest BCUT2D eigenvalue weighted by atomic mass is 10.0. The highest BCUT2D eigenvalue weighted by molar-refractivity contribution is 14.1. The van der Waals surface area contributed by atoms with Gasteiger partial charge in [-0.05, 0) is 31.4 Å². The van der Waals surface area contributed by atoms with Crippen LogP contribution in [0.3, 0.4) is 0 Å². The lowest BCUT2D eigenvalue weighted by Gasteiger charge is -2.27. The minimum absolute atomic E-state index is 0.0464. The lowest BCUT2D eigenvalue weighted by Crippen LogP contribution is -2.54. The van der Waals surface area contributed by atoms with Crippen molar-refractivity contribution in [3.63, 3.8) is 0 Å². The van der Waals surface area contributed by atoms with E-state index in [0.29, 0.717) is 26.2 Å². The number of benzene rings is 1. The van der Waals surface area contributed by atoms with Gasteiger partial charge in [-0.15, -0.1) is 0 Å². The number of amides is 5. The van der Waals surface area contributed by atoms with Gasteiger partial charge in [0.1, 0.15) is 6.04 Å². The van der Waals surface area contributed by atoms with Crippen molar-refractivity contribution in [1.82, 2.24) is 10.2 Å². The van der Waals surface area contributed by atoms with Crippen LogP contribution in [0.4, 0.5) is 5.69 Å². The Hall–Kier alpha value is -2.38. The molecule has 3 rings (SSSR count). The van der Waals surface area contributed by atoms with Crippen molar-refractivity contribution in [1.29, 1.82) is 0 Å². The fourth-order valence-electron chi connectivity index (χ4n) is 3.87. The number of halogens is 1. The zero-order valence-corrected chi connectivity index (χ0v) is 20.9. The summed E-state index contributed by atoms with van der Waals surface area (Å²) in [6, 6.07) is 3.58. The molecule has 11 heteroatoms. The minimum atomic E-state index is -1.05. The molecule has 34 heavy (non-hydrogen) atoms. The molecule has 1 aromatic carbocycles. The molecule has 5 amide bonds. The molecule has 1 aromatic rings. The lowest BCUT2D eigenvalue weighted by molar-refractivity contribution is -0.136. The Morgan fingerprint density at radius 3 is 2.53 bits per heavy atom. The molecule has 1 saturated heterocycles. The molecule has 2 aliphatic rings. The van der Waals surface area contributed by atoms with Crippen molar-refractivity contribution in [2.24, 2.45) is 0 Å². The zero-order chi connectivity index (χ0) is 24.5. The largest absolute Gasteiger partial charge is 0.379 e. The molecule has 2 aliphatic heterocycles. The molecule has 2 heterocycles. The van der Waals surface area contributed by atoms with Crippen LogP contribution in [0.1, 0.15) is 59.2 Å².